The average molecular weight is 313 g/mol. The second-order valence-electron chi connectivity index (χ2n) is 5.70. The first-order valence-corrected chi connectivity index (χ1v) is 7.88. The molecule has 2 aliphatic rings. The largest absolute Gasteiger partial charge is 0.377 e. The van der Waals surface area contributed by atoms with E-state index in [1.54, 1.807) is 10.8 Å². The number of rotatable bonds is 2. The van der Waals surface area contributed by atoms with Crippen molar-refractivity contribution in [2.45, 2.75) is 31.8 Å². The monoisotopic (exact) mass is 312 g/mol. The van der Waals surface area contributed by atoms with Gasteiger partial charge >= 0.3 is 0 Å². The highest BCUT2D eigenvalue weighted by Gasteiger charge is 2.26. The van der Waals surface area contributed by atoms with E-state index >= 15 is 0 Å². The highest BCUT2D eigenvalue weighted by atomic mass is 35.5. The number of nitrogens with one attached hydrogen (secondary N) is 1. The van der Waals surface area contributed by atoms with Crippen molar-refractivity contribution >= 4 is 17.4 Å². The molecule has 21 heavy (non-hydrogen) atoms. The van der Waals surface area contributed by atoms with E-state index in [1.165, 1.54) is 0 Å². The highest BCUT2D eigenvalue weighted by molar-refractivity contribution is 6.29. The zero-order valence-electron chi connectivity index (χ0n) is 12.2. The lowest BCUT2D eigenvalue weighted by molar-refractivity contribution is 0.0983. The molecule has 2 fully saturated rings. The van der Waals surface area contributed by atoms with Gasteiger partial charge < -0.3 is 19.5 Å². The molecule has 0 amide bonds. The first-order valence-electron chi connectivity index (χ1n) is 7.50. The third-order valence-corrected chi connectivity index (χ3v) is 4.41. The zero-order chi connectivity index (χ0) is 14.8. The molecule has 116 valence electrons. The normalized spacial score (nSPS) is 24.3. The minimum atomic E-state index is -0.0416. The summed E-state index contributed by atoms with van der Waals surface area (Å²) >= 11 is 6.16. The maximum absolute atomic E-state index is 12.8. The summed E-state index contributed by atoms with van der Waals surface area (Å²) in [4.78, 5) is 19.1. The molecule has 0 saturated carbocycles. The summed E-state index contributed by atoms with van der Waals surface area (Å²) in [6.45, 7) is 5.80. The van der Waals surface area contributed by atoms with Crippen LogP contribution in [-0.4, -0.2) is 48.4 Å². The molecule has 0 spiro atoms. The van der Waals surface area contributed by atoms with Crippen LogP contribution in [0.1, 0.15) is 25.8 Å². The summed E-state index contributed by atoms with van der Waals surface area (Å²) in [7, 11) is 0. The maximum atomic E-state index is 12.8. The Morgan fingerprint density at radius 3 is 2.90 bits per heavy atom. The van der Waals surface area contributed by atoms with Crippen LogP contribution in [0, 0.1) is 0 Å². The van der Waals surface area contributed by atoms with Crippen molar-refractivity contribution in [2.24, 2.45) is 0 Å². The van der Waals surface area contributed by atoms with Gasteiger partial charge in [0.25, 0.3) is 5.56 Å². The molecule has 0 aromatic carbocycles. The molecule has 0 radical (unpaired) electrons. The van der Waals surface area contributed by atoms with Gasteiger partial charge in [0.1, 0.15) is 5.15 Å². The molecule has 0 unspecified atom stereocenters. The summed E-state index contributed by atoms with van der Waals surface area (Å²) in [5.41, 5.74) is -0.0416. The maximum Gasteiger partial charge on any atom is 0.293 e. The summed E-state index contributed by atoms with van der Waals surface area (Å²) in [6.07, 6.45) is 3.56. The summed E-state index contributed by atoms with van der Waals surface area (Å²) in [5.74, 6) is 0.455. The zero-order valence-corrected chi connectivity index (χ0v) is 13.0. The molecule has 3 heterocycles. The standard InChI is InChI=1S/C14H21ClN4O2/c1-10-9-21-7-6-18(10)13-14(20)19(8-12(15)17-13)11-2-4-16-5-3-11/h8,10-11,16H,2-7,9H2,1H3/t10-/m1/s1. The van der Waals surface area contributed by atoms with E-state index < -0.39 is 0 Å². The van der Waals surface area contributed by atoms with Crippen LogP contribution < -0.4 is 15.8 Å². The van der Waals surface area contributed by atoms with Gasteiger partial charge in [0.15, 0.2) is 5.82 Å². The first kappa shape index (κ1) is 14.8. The third kappa shape index (κ3) is 3.07. The summed E-state index contributed by atoms with van der Waals surface area (Å²) < 4.78 is 7.20. The lowest BCUT2D eigenvalue weighted by Gasteiger charge is -2.34. The molecule has 3 rings (SSSR count). The molecule has 0 bridgehead atoms. The third-order valence-electron chi connectivity index (χ3n) is 4.23. The molecule has 1 aromatic heterocycles. The smallest absolute Gasteiger partial charge is 0.293 e. The van der Waals surface area contributed by atoms with E-state index in [1.807, 2.05) is 11.8 Å². The molecular weight excluding hydrogens is 292 g/mol. The van der Waals surface area contributed by atoms with Gasteiger partial charge in [-0.3, -0.25) is 4.79 Å². The minimum Gasteiger partial charge on any atom is -0.377 e. The van der Waals surface area contributed by atoms with Crippen LogP contribution in [-0.2, 0) is 4.74 Å². The van der Waals surface area contributed by atoms with E-state index in [0.29, 0.717) is 30.7 Å². The molecule has 6 nitrogen and oxygen atoms in total. The fourth-order valence-electron chi connectivity index (χ4n) is 3.05. The molecule has 2 saturated heterocycles. The molecule has 1 aromatic rings. The highest BCUT2D eigenvalue weighted by Crippen LogP contribution is 2.21. The number of piperidine rings is 1. The summed E-state index contributed by atoms with van der Waals surface area (Å²) in [6, 6.07) is 0.341. The Morgan fingerprint density at radius 1 is 1.43 bits per heavy atom. The fraction of sp³-hybridized carbons (Fsp3) is 0.714. The van der Waals surface area contributed by atoms with Gasteiger partial charge in [-0.05, 0) is 32.9 Å². The van der Waals surface area contributed by atoms with Gasteiger partial charge in [-0.15, -0.1) is 0 Å². The van der Waals surface area contributed by atoms with Crippen molar-refractivity contribution in [3.8, 4) is 0 Å². The van der Waals surface area contributed by atoms with Crippen LogP contribution >= 0.6 is 11.6 Å². The molecular formula is C14H21ClN4O2. The molecule has 0 aliphatic carbocycles. The van der Waals surface area contributed by atoms with Crippen molar-refractivity contribution in [2.75, 3.05) is 37.7 Å². The number of morpholine rings is 1. The van der Waals surface area contributed by atoms with E-state index in [9.17, 15) is 4.79 Å². The van der Waals surface area contributed by atoms with E-state index in [-0.39, 0.29) is 17.6 Å². The summed E-state index contributed by atoms with van der Waals surface area (Å²) in [5, 5.41) is 3.69. The Balaban J connectivity index is 1.97. The van der Waals surface area contributed by atoms with Crippen LogP contribution in [0.4, 0.5) is 5.82 Å². The Bertz CT molecular complexity index is 556. The van der Waals surface area contributed by atoms with Crippen molar-refractivity contribution in [3.63, 3.8) is 0 Å². The number of aromatic nitrogens is 2. The van der Waals surface area contributed by atoms with Gasteiger partial charge in [0.05, 0.1) is 19.3 Å². The predicted octanol–water partition coefficient (Wildman–Crippen LogP) is 1.05. The molecule has 2 aliphatic heterocycles. The van der Waals surface area contributed by atoms with E-state index in [0.717, 1.165) is 25.9 Å². The SMILES string of the molecule is C[C@@H]1COCCN1c1nc(Cl)cn(C2CCNCC2)c1=O. The van der Waals surface area contributed by atoms with Crippen molar-refractivity contribution in [1.82, 2.24) is 14.9 Å². The second-order valence-corrected chi connectivity index (χ2v) is 6.09. The molecule has 1 atom stereocenters. The van der Waals surface area contributed by atoms with Crippen molar-refractivity contribution in [1.29, 1.82) is 0 Å². The Kier molecular flexibility index (Phi) is 4.47. The fourth-order valence-corrected chi connectivity index (χ4v) is 3.24. The van der Waals surface area contributed by atoms with E-state index in [2.05, 4.69) is 10.3 Å². The molecule has 7 heteroatoms. The second kappa shape index (κ2) is 6.34. The predicted molar refractivity (Wildman–Crippen MR) is 82.3 cm³/mol. The van der Waals surface area contributed by atoms with Crippen LogP contribution in [0.2, 0.25) is 5.15 Å². The van der Waals surface area contributed by atoms with Gasteiger partial charge in [0, 0.05) is 18.8 Å². The lowest BCUT2D eigenvalue weighted by atomic mass is 10.1. The van der Waals surface area contributed by atoms with E-state index in [4.69, 9.17) is 16.3 Å². The number of ether oxygens (including phenoxy) is 1. The van der Waals surface area contributed by atoms with Crippen molar-refractivity contribution in [3.05, 3.63) is 21.7 Å². The molecule has 1 N–H and O–H groups in total. The minimum absolute atomic E-state index is 0.0416. The number of hydrogen-bond donors (Lipinski definition) is 1. The number of anilines is 1. The Morgan fingerprint density at radius 2 is 2.19 bits per heavy atom. The van der Waals surface area contributed by atoms with Crippen molar-refractivity contribution < 1.29 is 4.74 Å². The Hall–Kier alpha value is -1.11. The number of nitrogens with zero attached hydrogens (tertiary/aromatic N) is 3. The van der Waals surface area contributed by atoms with Crippen LogP contribution in [0.25, 0.3) is 0 Å². The van der Waals surface area contributed by atoms with Crippen LogP contribution in [0.15, 0.2) is 11.0 Å². The average Bonchev–Trinajstić information content (AvgIpc) is 2.51. The van der Waals surface area contributed by atoms with Crippen LogP contribution in [0.5, 0.6) is 0 Å². The quantitative estimate of drug-likeness (QED) is 0.884. The van der Waals surface area contributed by atoms with Gasteiger partial charge in [-0.1, -0.05) is 11.6 Å². The topological polar surface area (TPSA) is 59.4 Å². The number of hydrogen-bond acceptors (Lipinski definition) is 5. The van der Waals surface area contributed by atoms with Gasteiger partial charge in [-0.25, -0.2) is 4.98 Å². The first-order chi connectivity index (χ1) is 10.2. The van der Waals surface area contributed by atoms with Gasteiger partial charge in [-0.2, -0.15) is 0 Å². The van der Waals surface area contributed by atoms with Gasteiger partial charge in [0.2, 0.25) is 0 Å². The van der Waals surface area contributed by atoms with Crippen LogP contribution in [0.3, 0.4) is 0 Å². The lowest BCUT2D eigenvalue weighted by Crippen LogP contribution is -2.47. The number of halogens is 1. The Labute approximate surface area is 129 Å².